The molecule has 3 N–H and O–H groups in total. The molecule has 0 saturated carbocycles. The quantitative estimate of drug-likeness (QED) is 0.591. The fourth-order valence-electron chi connectivity index (χ4n) is 0.426. The number of nitrogens with zero attached hydrogens (tertiary/aromatic N) is 1. The van der Waals surface area contributed by atoms with Gasteiger partial charge >= 0.3 is 0 Å². The molecule has 0 aliphatic heterocycles. The molecule has 0 aliphatic carbocycles. The normalized spacial score (nSPS) is 7.00. The zero-order chi connectivity index (χ0) is 10.5. The third-order valence-electron chi connectivity index (χ3n) is 0.847. The van der Waals surface area contributed by atoms with Crippen LogP contribution in [0.25, 0.3) is 0 Å². The van der Waals surface area contributed by atoms with Crippen molar-refractivity contribution in [2.24, 2.45) is 5.73 Å². The fraction of sp³-hybridized carbons (Fsp3) is 0.333. The molecule has 4 heteroatoms. The van der Waals surface area contributed by atoms with Crippen molar-refractivity contribution in [2.75, 3.05) is 6.54 Å². The average Bonchev–Trinajstić information content (AvgIpc) is 2.08. The van der Waals surface area contributed by atoms with Crippen LogP contribution >= 0.6 is 0 Å². The van der Waals surface area contributed by atoms with Crippen LogP contribution in [-0.4, -0.2) is 23.1 Å². The van der Waals surface area contributed by atoms with Crippen LogP contribution in [0.15, 0.2) is 24.5 Å². The first-order valence-electron chi connectivity index (χ1n) is 3.87. The minimum Gasteiger partial charge on any atom is -0.483 e. The Labute approximate surface area is 78.4 Å². The first kappa shape index (κ1) is 14.1. The number of pyridine rings is 1. The summed E-state index contributed by atoms with van der Waals surface area (Å²) < 4.78 is 0. The molecule has 0 amide bonds. The first-order chi connectivity index (χ1) is 6.22. The molecule has 13 heavy (non-hydrogen) atoms. The summed E-state index contributed by atoms with van der Waals surface area (Å²) in [7, 11) is 0. The molecule has 74 valence electrons. The van der Waals surface area contributed by atoms with Crippen molar-refractivity contribution < 1.29 is 9.90 Å². The highest BCUT2D eigenvalue weighted by Crippen LogP contribution is 1.88. The van der Waals surface area contributed by atoms with Crippen LogP contribution in [0.4, 0.5) is 0 Å². The zero-order valence-corrected chi connectivity index (χ0v) is 7.97. The number of carbonyl (C=O) groups is 1. The van der Waals surface area contributed by atoms with Crippen molar-refractivity contribution >= 4 is 6.47 Å². The second-order valence-corrected chi connectivity index (χ2v) is 2.04. The predicted octanol–water partition coefficient (Wildman–Crippen LogP) is 1.06. The van der Waals surface area contributed by atoms with Crippen LogP contribution in [0.1, 0.15) is 12.5 Å². The SMILES string of the molecule is CCN.Cc1ccncc1.O=CO. The van der Waals surface area contributed by atoms with Gasteiger partial charge in [0.25, 0.3) is 6.47 Å². The molecule has 4 nitrogen and oxygen atoms in total. The van der Waals surface area contributed by atoms with Gasteiger partial charge in [0.05, 0.1) is 0 Å². The van der Waals surface area contributed by atoms with Crippen molar-refractivity contribution in [3.8, 4) is 0 Å². The Kier molecular flexibility index (Phi) is 14.3. The van der Waals surface area contributed by atoms with Crippen LogP contribution in [0.2, 0.25) is 0 Å². The van der Waals surface area contributed by atoms with E-state index in [9.17, 15) is 0 Å². The lowest BCUT2D eigenvalue weighted by atomic mass is 10.3. The number of rotatable bonds is 0. The van der Waals surface area contributed by atoms with E-state index in [0.29, 0.717) is 0 Å². The van der Waals surface area contributed by atoms with Gasteiger partial charge in [-0.1, -0.05) is 6.92 Å². The van der Waals surface area contributed by atoms with E-state index >= 15 is 0 Å². The van der Waals surface area contributed by atoms with E-state index in [1.165, 1.54) is 5.56 Å². The molecule has 0 aromatic carbocycles. The van der Waals surface area contributed by atoms with Gasteiger partial charge in [-0.3, -0.25) is 9.78 Å². The van der Waals surface area contributed by atoms with Crippen LogP contribution in [-0.2, 0) is 4.79 Å². The van der Waals surface area contributed by atoms with Gasteiger partial charge in [-0.05, 0) is 31.2 Å². The van der Waals surface area contributed by atoms with E-state index in [-0.39, 0.29) is 6.47 Å². The minimum absolute atomic E-state index is 0.250. The highest BCUT2D eigenvalue weighted by Gasteiger charge is 1.72. The molecule has 0 radical (unpaired) electrons. The van der Waals surface area contributed by atoms with E-state index < -0.39 is 0 Å². The minimum atomic E-state index is -0.250. The van der Waals surface area contributed by atoms with Crippen molar-refractivity contribution in [1.29, 1.82) is 0 Å². The van der Waals surface area contributed by atoms with Gasteiger partial charge < -0.3 is 10.8 Å². The van der Waals surface area contributed by atoms with Crippen LogP contribution in [0.5, 0.6) is 0 Å². The van der Waals surface area contributed by atoms with Gasteiger partial charge in [0.15, 0.2) is 0 Å². The zero-order valence-electron chi connectivity index (χ0n) is 7.97. The van der Waals surface area contributed by atoms with Crippen molar-refractivity contribution in [1.82, 2.24) is 4.98 Å². The molecule has 1 aromatic heterocycles. The van der Waals surface area contributed by atoms with Gasteiger partial charge in [-0.25, -0.2) is 0 Å². The van der Waals surface area contributed by atoms with E-state index in [2.05, 4.69) is 4.98 Å². The average molecular weight is 184 g/mol. The maximum Gasteiger partial charge on any atom is 0.290 e. The van der Waals surface area contributed by atoms with E-state index in [0.717, 1.165) is 6.54 Å². The molecule has 0 unspecified atom stereocenters. The van der Waals surface area contributed by atoms with Crippen molar-refractivity contribution in [2.45, 2.75) is 13.8 Å². The maximum absolute atomic E-state index is 8.36. The summed E-state index contributed by atoms with van der Waals surface area (Å²) >= 11 is 0. The molecule has 1 aromatic rings. The standard InChI is InChI=1S/C6H7N.C2H7N.CH2O2/c1-6-2-4-7-5-3-6;1-2-3;2-1-3/h2-5H,1H3;2-3H2,1H3;1H,(H,2,3). The summed E-state index contributed by atoms with van der Waals surface area (Å²) in [6, 6.07) is 3.94. The molecular weight excluding hydrogens is 168 g/mol. The highest BCUT2D eigenvalue weighted by atomic mass is 16.3. The van der Waals surface area contributed by atoms with Gasteiger partial charge in [0, 0.05) is 12.4 Å². The summed E-state index contributed by atoms with van der Waals surface area (Å²) in [5, 5.41) is 6.89. The summed E-state index contributed by atoms with van der Waals surface area (Å²) in [6.45, 7) is 4.45. The Bertz CT molecular complexity index is 190. The number of hydrogen-bond donors (Lipinski definition) is 2. The molecule has 0 spiro atoms. The number of carboxylic acid groups (broad SMARTS) is 1. The third kappa shape index (κ3) is 18.0. The summed E-state index contributed by atoms with van der Waals surface area (Å²) in [4.78, 5) is 12.2. The maximum atomic E-state index is 8.36. The summed E-state index contributed by atoms with van der Waals surface area (Å²) in [6.07, 6.45) is 3.57. The van der Waals surface area contributed by atoms with Gasteiger partial charge in [0.1, 0.15) is 0 Å². The van der Waals surface area contributed by atoms with Gasteiger partial charge in [-0.2, -0.15) is 0 Å². The van der Waals surface area contributed by atoms with E-state index in [1.54, 1.807) is 12.4 Å². The van der Waals surface area contributed by atoms with Crippen LogP contribution in [0, 0.1) is 6.92 Å². The van der Waals surface area contributed by atoms with E-state index in [1.807, 2.05) is 26.0 Å². The molecule has 0 bridgehead atoms. The topological polar surface area (TPSA) is 76.2 Å². The van der Waals surface area contributed by atoms with Gasteiger partial charge in [0.2, 0.25) is 0 Å². The molecule has 1 heterocycles. The van der Waals surface area contributed by atoms with Crippen LogP contribution in [0.3, 0.4) is 0 Å². The number of aryl methyl sites for hydroxylation is 1. The largest absolute Gasteiger partial charge is 0.483 e. The Morgan fingerprint density at radius 2 is 1.85 bits per heavy atom. The molecule has 0 aliphatic rings. The number of hydrogen-bond acceptors (Lipinski definition) is 3. The lowest BCUT2D eigenvalue weighted by molar-refractivity contribution is -0.122. The third-order valence-corrected chi connectivity index (χ3v) is 0.847. The van der Waals surface area contributed by atoms with Gasteiger partial charge in [-0.15, -0.1) is 0 Å². The molecule has 0 fully saturated rings. The number of nitrogens with two attached hydrogens (primary N) is 1. The smallest absolute Gasteiger partial charge is 0.290 e. The van der Waals surface area contributed by atoms with Crippen LogP contribution < -0.4 is 5.73 Å². The molecular formula is C9H16N2O2. The molecule has 0 atom stereocenters. The number of aromatic nitrogens is 1. The Balaban J connectivity index is 0. The molecule has 1 rings (SSSR count). The Hall–Kier alpha value is -1.42. The van der Waals surface area contributed by atoms with Crippen molar-refractivity contribution in [3.05, 3.63) is 30.1 Å². The predicted molar refractivity (Wildman–Crippen MR) is 52.4 cm³/mol. The Morgan fingerprint density at radius 1 is 1.54 bits per heavy atom. The van der Waals surface area contributed by atoms with E-state index in [4.69, 9.17) is 15.6 Å². The monoisotopic (exact) mass is 184 g/mol. The highest BCUT2D eigenvalue weighted by molar-refractivity contribution is 5.32. The first-order valence-corrected chi connectivity index (χ1v) is 3.87. The lowest BCUT2D eigenvalue weighted by Gasteiger charge is -1.82. The fourth-order valence-corrected chi connectivity index (χ4v) is 0.426. The van der Waals surface area contributed by atoms with Crippen molar-refractivity contribution in [3.63, 3.8) is 0 Å². The molecule has 0 saturated heterocycles. The lowest BCUT2D eigenvalue weighted by Crippen LogP contribution is -1.87. The summed E-state index contributed by atoms with van der Waals surface area (Å²) in [5.41, 5.74) is 6.11. The Morgan fingerprint density at radius 3 is 2.00 bits per heavy atom. The second-order valence-electron chi connectivity index (χ2n) is 2.04. The second kappa shape index (κ2) is 13.2. The summed E-state index contributed by atoms with van der Waals surface area (Å²) in [5.74, 6) is 0.